The number of hydrogen-bond acceptors (Lipinski definition) is 7. The summed E-state index contributed by atoms with van der Waals surface area (Å²) in [6, 6.07) is 0. The lowest BCUT2D eigenvalue weighted by molar-refractivity contribution is -0.166. The highest BCUT2D eigenvalue weighted by Gasteiger charge is 2.26. The lowest BCUT2D eigenvalue weighted by Crippen LogP contribution is -2.33. The summed E-state index contributed by atoms with van der Waals surface area (Å²) in [5.41, 5.74) is 0. The zero-order chi connectivity index (χ0) is 27.6. The van der Waals surface area contributed by atoms with Crippen LogP contribution in [0.4, 0.5) is 0 Å². The molecular weight excluding hydrogens is 472 g/mol. The number of hydrogen-bond donors (Lipinski definition) is 3. The van der Waals surface area contributed by atoms with Crippen LogP contribution in [-0.2, 0) is 19.1 Å². The van der Waals surface area contributed by atoms with Gasteiger partial charge in [-0.25, -0.2) is 0 Å². The van der Waals surface area contributed by atoms with Gasteiger partial charge < -0.3 is 24.8 Å². The van der Waals surface area contributed by atoms with Crippen LogP contribution in [0.3, 0.4) is 0 Å². The first-order chi connectivity index (χ1) is 18.0. The van der Waals surface area contributed by atoms with Gasteiger partial charge in [-0.3, -0.25) is 9.59 Å². The number of carbonyl (C=O) groups is 2. The van der Waals surface area contributed by atoms with Crippen molar-refractivity contribution in [2.45, 2.75) is 154 Å². The molecule has 220 valence electrons. The minimum atomic E-state index is -0.992. The van der Waals surface area contributed by atoms with Gasteiger partial charge in [0, 0.05) is 6.42 Å². The number of aliphatic hydroxyl groups excluding tert-OH is 3. The summed E-state index contributed by atoms with van der Waals surface area (Å²) in [5, 5.41) is 28.7. The van der Waals surface area contributed by atoms with E-state index in [0.29, 0.717) is 12.8 Å². The fourth-order valence-electron chi connectivity index (χ4n) is 4.48. The molecule has 0 fully saturated rings. The van der Waals surface area contributed by atoms with E-state index in [-0.39, 0.29) is 19.0 Å². The Bertz CT molecular complexity index is 526. The largest absolute Gasteiger partial charge is 0.462 e. The molecule has 7 nitrogen and oxygen atoms in total. The third kappa shape index (κ3) is 22.5. The Balaban J connectivity index is 4.24. The molecule has 3 atom stereocenters. The Kier molecular flexibility index (Phi) is 25.6. The van der Waals surface area contributed by atoms with Crippen molar-refractivity contribution in [1.82, 2.24) is 0 Å². The molecule has 37 heavy (non-hydrogen) atoms. The van der Waals surface area contributed by atoms with Crippen molar-refractivity contribution in [3.63, 3.8) is 0 Å². The molecule has 0 spiro atoms. The molecule has 7 heteroatoms. The molecule has 0 saturated carbocycles. The number of carbonyl (C=O) groups excluding carboxylic acids is 2. The van der Waals surface area contributed by atoms with Crippen LogP contribution >= 0.6 is 0 Å². The predicted octanol–water partition coefficient (Wildman–Crippen LogP) is 6.24. The summed E-state index contributed by atoms with van der Waals surface area (Å²) in [6.07, 6.45) is 18.7. The van der Waals surface area contributed by atoms with Crippen LogP contribution in [0, 0.1) is 5.92 Å². The van der Waals surface area contributed by atoms with Gasteiger partial charge in [-0.05, 0) is 19.3 Å². The molecule has 0 aliphatic carbocycles. The maximum absolute atomic E-state index is 12.7. The summed E-state index contributed by atoms with van der Waals surface area (Å²) in [4.78, 5) is 24.8. The highest BCUT2D eigenvalue weighted by molar-refractivity contribution is 5.73. The SMILES string of the molecule is CCCCCCCCCCCC(=O)OCC(CO)OC(=O)C(CCCCCCCCCC)CC(O)CO. The molecular formula is C30H58O7. The van der Waals surface area contributed by atoms with Crippen molar-refractivity contribution in [2.24, 2.45) is 5.92 Å². The molecule has 0 bridgehead atoms. The Morgan fingerprint density at radius 2 is 1.16 bits per heavy atom. The standard InChI is InChI=1S/C30H58O7/c1-3-5-7-9-11-13-15-17-19-21-29(34)36-25-28(24-32)37-30(35)26(22-27(33)23-31)20-18-16-14-12-10-8-6-4-2/h26-28,31-33H,3-25H2,1-2H3. The number of aliphatic hydroxyl groups is 3. The van der Waals surface area contributed by atoms with Crippen LogP contribution < -0.4 is 0 Å². The van der Waals surface area contributed by atoms with Crippen molar-refractivity contribution in [1.29, 1.82) is 0 Å². The molecule has 0 saturated heterocycles. The van der Waals surface area contributed by atoms with Gasteiger partial charge in [-0.1, -0.05) is 117 Å². The van der Waals surface area contributed by atoms with Crippen molar-refractivity contribution < 1.29 is 34.4 Å². The fourth-order valence-corrected chi connectivity index (χ4v) is 4.48. The predicted molar refractivity (Wildman–Crippen MR) is 148 cm³/mol. The zero-order valence-electron chi connectivity index (χ0n) is 24.0. The minimum absolute atomic E-state index is 0.113. The third-order valence-corrected chi connectivity index (χ3v) is 6.91. The van der Waals surface area contributed by atoms with E-state index in [9.17, 15) is 24.9 Å². The smallest absolute Gasteiger partial charge is 0.309 e. The summed E-state index contributed by atoms with van der Waals surface area (Å²) in [7, 11) is 0. The van der Waals surface area contributed by atoms with E-state index in [0.717, 1.165) is 38.5 Å². The second-order valence-corrected chi connectivity index (χ2v) is 10.5. The second-order valence-electron chi connectivity index (χ2n) is 10.5. The van der Waals surface area contributed by atoms with E-state index in [1.54, 1.807) is 0 Å². The van der Waals surface area contributed by atoms with Gasteiger partial charge in [-0.2, -0.15) is 0 Å². The van der Waals surface area contributed by atoms with Crippen LogP contribution in [0.2, 0.25) is 0 Å². The van der Waals surface area contributed by atoms with Gasteiger partial charge in [0.2, 0.25) is 0 Å². The van der Waals surface area contributed by atoms with Crippen molar-refractivity contribution in [3.05, 3.63) is 0 Å². The lowest BCUT2D eigenvalue weighted by Gasteiger charge is -2.22. The Morgan fingerprint density at radius 3 is 1.65 bits per heavy atom. The first kappa shape index (κ1) is 35.8. The lowest BCUT2D eigenvalue weighted by atomic mass is 9.94. The van der Waals surface area contributed by atoms with E-state index in [1.807, 2.05) is 0 Å². The normalized spacial score (nSPS) is 13.8. The fraction of sp³-hybridized carbons (Fsp3) is 0.933. The minimum Gasteiger partial charge on any atom is -0.462 e. The second kappa shape index (κ2) is 26.4. The van der Waals surface area contributed by atoms with Gasteiger partial charge in [0.15, 0.2) is 6.10 Å². The first-order valence-electron chi connectivity index (χ1n) is 15.2. The highest BCUT2D eigenvalue weighted by Crippen LogP contribution is 2.20. The van der Waals surface area contributed by atoms with E-state index in [2.05, 4.69) is 13.8 Å². The van der Waals surface area contributed by atoms with E-state index in [1.165, 1.54) is 70.6 Å². The Hall–Kier alpha value is -1.18. The van der Waals surface area contributed by atoms with Crippen molar-refractivity contribution in [3.8, 4) is 0 Å². The molecule has 0 rings (SSSR count). The van der Waals surface area contributed by atoms with Crippen LogP contribution in [0.5, 0.6) is 0 Å². The Labute approximate surface area is 226 Å². The van der Waals surface area contributed by atoms with Gasteiger partial charge in [0.25, 0.3) is 0 Å². The third-order valence-electron chi connectivity index (χ3n) is 6.91. The number of ether oxygens (including phenoxy) is 2. The quantitative estimate of drug-likeness (QED) is 0.0850. The summed E-state index contributed by atoms with van der Waals surface area (Å²) in [6.45, 7) is 3.38. The van der Waals surface area contributed by atoms with Crippen molar-refractivity contribution in [2.75, 3.05) is 19.8 Å². The van der Waals surface area contributed by atoms with E-state index in [4.69, 9.17) is 9.47 Å². The van der Waals surface area contributed by atoms with E-state index >= 15 is 0 Å². The molecule has 0 radical (unpaired) electrons. The molecule has 0 heterocycles. The topological polar surface area (TPSA) is 113 Å². The average molecular weight is 531 g/mol. The van der Waals surface area contributed by atoms with Crippen molar-refractivity contribution >= 4 is 11.9 Å². The highest BCUT2D eigenvalue weighted by atomic mass is 16.6. The van der Waals surface area contributed by atoms with E-state index < -0.39 is 37.3 Å². The number of unbranched alkanes of at least 4 members (excludes halogenated alkanes) is 15. The first-order valence-corrected chi connectivity index (χ1v) is 15.2. The van der Waals surface area contributed by atoms with Crippen LogP contribution in [-0.4, -0.2) is 59.3 Å². The molecule has 0 aromatic carbocycles. The molecule has 0 amide bonds. The van der Waals surface area contributed by atoms with Gasteiger partial charge >= 0.3 is 11.9 Å². The van der Waals surface area contributed by atoms with Gasteiger partial charge in [0.1, 0.15) is 6.61 Å². The van der Waals surface area contributed by atoms with Gasteiger partial charge in [-0.15, -0.1) is 0 Å². The van der Waals surface area contributed by atoms with Crippen LogP contribution in [0.25, 0.3) is 0 Å². The maximum Gasteiger partial charge on any atom is 0.309 e. The molecule has 0 aliphatic rings. The molecule has 3 N–H and O–H groups in total. The summed E-state index contributed by atoms with van der Waals surface area (Å²) in [5.74, 6) is -1.43. The van der Waals surface area contributed by atoms with Gasteiger partial charge in [0.05, 0.1) is 25.2 Å². The summed E-state index contributed by atoms with van der Waals surface area (Å²) >= 11 is 0. The monoisotopic (exact) mass is 530 g/mol. The van der Waals surface area contributed by atoms with Crippen LogP contribution in [0.1, 0.15) is 142 Å². The molecule has 0 aromatic heterocycles. The number of rotatable bonds is 27. The zero-order valence-corrected chi connectivity index (χ0v) is 24.0. The maximum atomic E-state index is 12.7. The molecule has 0 aliphatic heterocycles. The summed E-state index contributed by atoms with van der Waals surface area (Å²) < 4.78 is 10.7. The number of esters is 2. The molecule has 3 unspecified atom stereocenters. The van der Waals surface area contributed by atoms with Crippen LogP contribution in [0.15, 0.2) is 0 Å². The average Bonchev–Trinajstić information content (AvgIpc) is 2.90. The molecule has 0 aromatic rings. The Morgan fingerprint density at radius 1 is 0.676 bits per heavy atom.